The molecule has 1 aromatic rings. The molecule has 3 rings (SSSR count). The van der Waals surface area contributed by atoms with Crippen molar-refractivity contribution in [2.24, 2.45) is 5.92 Å². The summed E-state index contributed by atoms with van der Waals surface area (Å²) in [6, 6.07) is 6.76. The number of rotatable bonds is 7. The monoisotopic (exact) mass is 416 g/mol. The minimum Gasteiger partial charge on any atom is -0.468 e. The zero-order chi connectivity index (χ0) is 18.8. The van der Waals surface area contributed by atoms with E-state index in [1.807, 2.05) is 0 Å². The van der Waals surface area contributed by atoms with Gasteiger partial charge in [-0.1, -0.05) is 19.1 Å². The molecule has 1 saturated carbocycles. The normalized spacial score (nSPS) is 19.9. The number of hydrogen-bond acceptors (Lipinski definition) is 5. The van der Waals surface area contributed by atoms with Gasteiger partial charge in [-0.15, -0.1) is 12.4 Å². The zero-order valence-electron chi connectivity index (χ0n) is 15.9. The highest BCUT2D eigenvalue weighted by Crippen LogP contribution is 2.49. The number of carbonyl (C=O) groups is 1. The lowest BCUT2D eigenvalue weighted by atomic mass is 9.96. The highest BCUT2D eigenvalue weighted by atomic mass is 35.5. The molecule has 1 heterocycles. The van der Waals surface area contributed by atoms with Crippen LogP contribution in [0.15, 0.2) is 29.2 Å². The van der Waals surface area contributed by atoms with E-state index in [0.717, 1.165) is 44.3 Å². The maximum Gasteiger partial charge on any atom is 0.316 e. The number of methoxy groups -OCH3 is 1. The summed E-state index contributed by atoms with van der Waals surface area (Å²) in [4.78, 5) is 12.3. The highest BCUT2D eigenvalue weighted by Gasteiger charge is 2.52. The molecule has 0 atom stereocenters. The molecule has 1 saturated heterocycles. The molecular formula is C19H29ClN2O4S. The molecule has 0 amide bonds. The lowest BCUT2D eigenvalue weighted by Crippen LogP contribution is -2.40. The van der Waals surface area contributed by atoms with Gasteiger partial charge in [-0.25, -0.2) is 8.42 Å². The Morgan fingerprint density at radius 3 is 2.30 bits per heavy atom. The Bertz CT molecular complexity index is 739. The smallest absolute Gasteiger partial charge is 0.316 e. The van der Waals surface area contributed by atoms with Crippen LogP contribution in [0.4, 0.5) is 0 Å². The third-order valence-electron chi connectivity index (χ3n) is 5.63. The summed E-state index contributed by atoms with van der Waals surface area (Å²) >= 11 is 0. The Morgan fingerprint density at radius 1 is 1.22 bits per heavy atom. The van der Waals surface area contributed by atoms with Crippen LogP contribution in [0, 0.1) is 5.92 Å². The van der Waals surface area contributed by atoms with Crippen LogP contribution in [-0.4, -0.2) is 52.0 Å². The number of nitrogens with one attached hydrogen (secondary N) is 1. The van der Waals surface area contributed by atoms with Gasteiger partial charge in [0.05, 0.1) is 17.4 Å². The Balaban J connectivity index is 0.00000261. The topological polar surface area (TPSA) is 75.7 Å². The Kier molecular flexibility index (Phi) is 7.30. The summed E-state index contributed by atoms with van der Waals surface area (Å²) in [5.41, 5.74) is 0.273. The number of esters is 1. The van der Waals surface area contributed by atoms with Gasteiger partial charge >= 0.3 is 5.97 Å². The number of benzene rings is 1. The fraction of sp³-hybridized carbons (Fsp3) is 0.632. The molecule has 1 aliphatic heterocycles. The van der Waals surface area contributed by atoms with Crippen molar-refractivity contribution in [1.29, 1.82) is 0 Å². The first-order valence-corrected chi connectivity index (χ1v) is 10.8. The average Bonchev–Trinajstić information content (AvgIpc) is 3.48. The quantitative estimate of drug-likeness (QED) is 0.690. The van der Waals surface area contributed by atoms with Gasteiger partial charge in [0.25, 0.3) is 0 Å². The molecule has 2 fully saturated rings. The minimum absolute atomic E-state index is 0. The Hall–Kier alpha value is -1.15. The molecular weight excluding hydrogens is 388 g/mol. The molecule has 6 nitrogen and oxygen atoms in total. The van der Waals surface area contributed by atoms with Gasteiger partial charge in [0.2, 0.25) is 10.0 Å². The number of sulfonamides is 1. The summed E-state index contributed by atoms with van der Waals surface area (Å²) in [5, 5.41) is 3.34. The van der Waals surface area contributed by atoms with E-state index in [0.29, 0.717) is 23.9 Å². The second-order valence-electron chi connectivity index (χ2n) is 7.25. The number of piperidine rings is 1. The van der Waals surface area contributed by atoms with Crippen molar-refractivity contribution < 1.29 is 17.9 Å². The Labute approximate surface area is 168 Å². The summed E-state index contributed by atoms with van der Waals surface area (Å²) in [6.07, 6.45) is 3.28. The van der Waals surface area contributed by atoms with Gasteiger partial charge in [-0.3, -0.25) is 4.79 Å². The van der Waals surface area contributed by atoms with Crippen LogP contribution in [0.5, 0.6) is 0 Å². The van der Waals surface area contributed by atoms with E-state index >= 15 is 0 Å². The van der Waals surface area contributed by atoms with Crippen molar-refractivity contribution in [2.75, 3.05) is 33.3 Å². The number of ether oxygens (including phenoxy) is 1. The zero-order valence-corrected chi connectivity index (χ0v) is 17.6. The molecule has 0 aromatic heterocycles. The van der Waals surface area contributed by atoms with Crippen molar-refractivity contribution in [2.45, 2.75) is 42.9 Å². The molecule has 1 N–H and O–H groups in total. The number of nitrogens with zero attached hydrogens (tertiary/aromatic N) is 1. The molecule has 0 bridgehead atoms. The van der Waals surface area contributed by atoms with Gasteiger partial charge in [0.15, 0.2) is 0 Å². The predicted molar refractivity (Wildman–Crippen MR) is 107 cm³/mol. The van der Waals surface area contributed by atoms with Crippen molar-refractivity contribution >= 4 is 28.4 Å². The summed E-state index contributed by atoms with van der Waals surface area (Å²) in [5.74, 6) is 0.300. The van der Waals surface area contributed by atoms with E-state index in [1.54, 1.807) is 28.6 Å². The van der Waals surface area contributed by atoms with Crippen molar-refractivity contribution in [3.63, 3.8) is 0 Å². The lowest BCUT2D eigenvalue weighted by Gasteiger charge is -2.31. The lowest BCUT2D eigenvalue weighted by molar-refractivity contribution is -0.143. The van der Waals surface area contributed by atoms with Gasteiger partial charge < -0.3 is 10.1 Å². The average molecular weight is 417 g/mol. The first kappa shape index (κ1) is 22.1. The summed E-state index contributed by atoms with van der Waals surface area (Å²) < 4.78 is 32.3. The predicted octanol–water partition coefficient (Wildman–Crippen LogP) is 2.32. The third kappa shape index (κ3) is 4.47. The highest BCUT2D eigenvalue weighted by molar-refractivity contribution is 7.89. The maximum absolute atomic E-state index is 12.9. The SMILES string of the molecule is CCNCC1CCN(S(=O)(=O)c2ccc(C3(C(=O)OC)CC3)cc2)CC1.Cl. The van der Waals surface area contributed by atoms with Crippen LogP contribution < -0.4 is 5.32 Å². The van der Waals surface area contributed by atoms with Crippen LogP contribution >= 0.6 is 12.4 Å². The molecule has 0 spiro atoms. The van der Waals surface area contributed by atoms with Crippen molar-refractivity contribution in [3.8, 4) is 0 Å². The largest absolute Gasteiger partial charge is 0.468 e. The molecule has 0 radical (unpaired) electrons. The number of hydrogen-bond donors (Lipinski definition) is 1. The molecule has 27 heavy (non-hydrogen) atoms. The van der Waals surface area contributed by atoms with Crippen LogP contribution in [0.1, 0.15) is 38.2 Å². The molecule has 152 valence electrons. The Morgan fingerprint density at radius 2 is 1.81 bits per heavy atom. The third-order valence-corrected chi connectivity index (χ3v) is 7.54. The van der Waals surface area contributed by atoms with Crippen molar-refractivity contribution in [3.05, 3.63) is 29.8 Å². The van der Waals surface area contributed by atoms with E-state index in [1.165, 1.54) is 7.11 Å². The first-order chi connectivity index (χ1) is 12.4. The van der Waals surface area contributed by atoms with Gasteiger partial charge in [0.1, 0.15) is 0 Å². The second-order valence-corrected chi connectivity index (χ2v) is 9.19. The molecule has 1 aliphatic carbocycles. The number of halogens is 1. The molecule has 8 heteroatoms. The fourth-order valence-electron chi connectivity index (χ4n) is 3.73. The van der Waals surface area contributed by atoms with Crippen molar-refractivity contribution in [1.82, 2.24) is 9.62 Å². The number of carbonyl (C=O) groups excluding carboxylic acids is 1. The van der Waals surface area contributed by atoms with Gasteiger partial charge in [-0.2, -0.15) is 4.31 Å². The van der Waals surface area contributed by atoms with Gasteiger partial charge in [0, 0.05) is 13.1 Å². The first-order valence-electron chi connectivity index (χ1n) is 9.34. The standard InChI is InChI=1S/C19H28N2O4S.ClH/c1-3-20-14-15-8-12-21(13-9-15)26(23,24)17-6-4-16(5-7-17)19(10-11-19)18(22)25-2;/h4-7,15,20H,3,8-14H2,1-2H3;1H. The van der Waals surface area contributed by atoms with E-state index in [2.05, 4.69) is 12.2 Å². The summed E-state index contributed by atoms with van der Waals surface area (Å²) in [7, 11) is -2.09. The maximum atomic E-state index is 12.9. The molecule has 2 aliphatic rings. The molecule has 1 aromatic carbocycles. The fourth-order valence-corrected chi connectivity index (χ4v) is 5.20. The van der Waals surface area contributed by atoms with E-state index < -0.39 is 15.4 Å². The van der Waals surface area contributed by atoms with E-state index in [-0.39, 0.29) is 18.4 Å². The second kappa shape index (κ2) is 8.90. The van der Waals surface area contributed by atoms with Gasteiger partial charge in [-0.05, 0) is 62.4 Å². The summed E-state index contributed by atoms with van der Waals surface area (Å²) in [6.45, 7) is 5.10. The van der Waals surface area contributed by atoms with E-state index in [4.69, 9.17) is 4.74 Å². The van der Waals surface area contributed by atoms with Crippen LogP contribution in [0.2, 0.25) is 0 Å². The minimum atomic E-state index is -3.48. The van der Waals surface area contributed by atoms with E-state index in [9.17, 15) is 13.2 Å². The van der Waals surface area contributed by atoms with Crippen LogP contribution in [0.3, 0.4) is 0 Å². The van der Waals surface area contributed by atoms with Crippen LogP contribution in [0.25, 0.3) is 0 Å². The van der Waals surface area contributed by atoms with Crippen LogP contribution in [-0.2, 0) is 25.0 Å². The molecule has 0 unspecified atom stereocenters.